The first-order valence-corrected chi connectivity index (χ1v) is 7.61. The molecule has 1 aromatic carbocycles. The number of nitrogens with one attached hydrogen (secondary N) is 1. The third kappa shape index (κ3) is 3.60. The lowest BCUT2D eigenvalue weighted by atomic mass is 10.3. The van der Waals surface area contributed by atoms with Crippen LogP contribution in [0.1, 0.15) is 10.5 Å². The largest absolute Gasteiger partial charge is 0.456 e. The number of amides is 1. The van der Waals surface area contributed by atoms with Gasteiger partial charge in [-0.25, -0.2) is 4.98 Å². The highest BCUT2D eigenvalue weighted by molar-refractivity contribution is 7.07. The monoisotopic (exact) mass is 331 g/mol. The number of rotatable bonds is 4. The van der Waals surface area contributed by atoms with Crippen LogP contribution in [0.5, 0.6) is 11.5 Å². The van der Waals surface area contributed by atoms with E-state index in [4.69, 9.17) is 16.3 Å². The topological polar surface area (TPSA) is 64.1 Å². The van der Waals surface area contributed by atoms with Gasteiger partial charge < -0.3 is 10.1 Å². The van der Waals surface area contributed by atoms with E-state index in [9.17, 15) is 4.79 Å². The predicted octanol–water partition coefficient (Wildman–Crippen LogP) is 4.24. The number of ether oxygens (including phenoxy) is 1. The van der Waals surface area contributed by atoms with Crippen LogP contribution in [0.3, 0.4) is 0 Å². The molecule has 22 heavy (non-hydrogen) atoms. The Hall–Kier alpha value is -2.44. The number of nitrogens with zero attached hydrogens (tertiary/aromatic N) is 2. The Bertz CT molecular complexity index is 779. The molecule has 0 aliphatic heterocycles. The van der Waals surface area contributed by atoms with Crippen LogP contribution in [0.15, 0.2) is 53.6 Å². The first kappa shape index (κ1) is 14.5. The summed E-state index contributed by atoms with van der Waals surface area (Å²) in [6, 6.07) is 8.53. The zero-order valence-electron chi connectivity index (χ0n) is 11.2. The quantitative estimate of drug-likeness (QED) is 0.776. The van der Waals surface area contributed by atoms with Crippen molar-refractivity contribution in [3.05, 3.63) is 64.3 Å². The van der Waals surface area contributed by atoms with Gasteiger partial charge in [-0.3, -0.25) is 9.78 Å². The van der Waals surface area contributed by atoms with Crippen molar-refractivity contribution < 1.29 is 9.53 Å². The molecular weight excluding hydrogens is 322 g/mol. The lowest BCUT2D eigenvalue weighted by Gasteiger charge is -2.09. The van der Waals surface area contributed by atoms with Crippen LogP contribution in [0.2, 0.25) is 5.02 Å². The molecule has 0 unspecified atom stereocenters. The van der Waals surface area contributed by atoms with Gasteiger partial charge in [-0.1, -0.05) is 11.6 Å². The predicted molar refractivity (Wildman–Crippen MR) is 85.8 cm³/mol. The maximum Gasteiger partial charge on any atom is 0.275 e. The van der Waals surface area contributed by atoms with Gasteiger partial charge in [-0.05, 0) is 24.3 Å². The average molecular weight is 332 g/mol. The van der Waals surface area contributed by atoms with Crippen LogP contribution >= 0.6 is 22.9 Å². The lowest BCUT2D eigenvalue weighted by molar-refractivity contribution is 0.102. The fourth-order valence-electron chi connectivity index (χ4n) is 1.76. The third-order valence-electron chi connectivity index (χ3n) is 2.66. The van der Waals surface area contributed by atoms with Gasteiger partial charge in [0, 0.05) is 28.4 Å². The summed E-state index contributed by atoms with van der Waals surface area (Å²) in [5.41, 5.74) is 2.49. The molecule has 0 atom stereocenters. The minimum atomic E-state index is -0.296. The molecule has 110 valence electrons. The molecule has 0 fully saturated rings. The molecule has 0 saturated heterocycles. The van der Waals surface area contributed by atoms with Crippen LogP contribution in [0.25, 0.3) is 0 Å². The van der Waals surface area contributed by atoms with E-state index in [-0.39, 0.29) is 5.91 Å². The summed E-state index contributed by atoms with van der Waals surface area (Å²) < 4.78 is 5.66. The number of hydrogen-bond acceptors (Lipinski definition) is 5. The van der Waals surface area contributed by atoms with Crippen LogP contribution < -0.4 is 10.1 Å². The van der Waals surface area contributed by atoms with E-state index < -0.39 is 0 Å². The number of pyridine rings is 1. The van der Waals surface area contributed by atoms with Gasteiger partial charge in [0.15, 0.2) is 0 Å². The molecule has 0 aliphatic carbocycles. The van der Waals surface area contributed by atoms with Crippen molar-refractivity contribution in [2.24, 2.45) is 0 Å². The van der Waals surface area contributed by atoms with Crippen LogP contribution in [-0.2, 0) is 0 Å². The van der Waals surface area contributed by atoms with Crippen molar-refractivity contribution >= 4 is 34.5 Å². The average Bonchev–Trinajstić information content (AvgIpc) is 3.02. The minimum absolute atomic E-state index is 0.296. The van der Waals surface area contributed by atoms with Gasteiger partial charge in [0.2, 0.25) is 0 Å². The smallest absolute Gasteiger partial charge is 0.275 e. The molecule has 1 N–H and O–H groups in total. The second-order valence-electron chi connectivity index (χ2n) is 4.29. The summed E-state index contributed by atoms with van der Waals surface area (Å²) in [4.78, 5) is 19.9. The van der Waals surface area contributed by atoms with Crippen molar-refractivity contribution in [1.82, 2.24) is 9.97 Å². The number of halogens is 1. The van der Waals surface area contributed by atoms with Crippen molar-refractivity contribution in [2.75, 3.05) is 5.32 Å². The Balaban J connectivity index is 1.79. The van der Waals surface area contributed by atoms with Crippen molar-refractivity contribution in [2.45, 2.75) is 0 Å². The molecule has 0 bridgehead atoms. The summed E-state index contributed by atoms with van der Waals surface area (Å²) in [5.74, 6) is 0.798. The zero-order chi connectivity index (χ0) is 15.4. The van der Waals surface area contributed by atoms with Crippen LogP contribution in [0, 0.1) is 0 Å². The van der Waals surface area contributed by atoms with Gasteiger partial charge in [0.05, 0.1) is 11.7 Å². The standard InChI is InChI=1S/C15H10ClN3O2S/c16-10-4-11(19-15(20)14-8-22-9-18-14)6-13(5-10)21-12-2-1-3-17-7-12/h1-9H,(H,19,20). The second-order valence-corrected chi connectivity index (χ2v) is 5.45. The number of carbonyl (C=O) groups is 1. The van der Waals surface area contributed by atoms with E-state index in [1.165, 1.54) is 11.3 Å². The molecule has 1 amide bonds. The highest BCUT2D eigenvalue weighted by Gasteiger charge is 2.10. The molecule has 2 aromatic heterocycles. The molecule has 3 aromatic rings. The van der Waals surface area contributed by atoms with Crippen molar-refractivity contribution in [3.8, 4) is 11.5 Å². The molecule has 7 heteroatoms. The van der Waals surface area contributed by atoms with Crippen LogP contribution in [-0.4, -0.2) is 15.9 Å². The maximum atomic E-state index is 12.0. The Morgan fingerprint density at radius 2 is 2.18 bits per heavy atom. The lowest BCUT2D eigenvalue weighted by Crippen LogP contribution is -2.12. The number of aromatic nitrogens is 2. The van der Waals surface area contributed by atoms with Gasteiger partial charge in [0.1, 0.15) is 17.2 Å². The maximum absolute atomic E-state index is 12.0. The second kappa shape index (κ2) is 6.55. The van der Waals surface area contributed by atoms with Gasteiger partial charge in [-0.2, -0.15) is 0 Å². The highest BCUT2D eigenvalue weighted by atomic mass is 35.5. The minimum Gasteiger partial charge on any atom is -0.456 e. The number of thiazole rings is 1. The molecule has 0 radical (unpaired) electrons. The van der Waals surface area contributed by atoms with E-state index >= 15 is 0 Å². The van der Waals surface area contributed by atoms with E-state index in [0.717, 1.165) is 0 Å². The Morgan fingerprint density at radius 1 is 1.27 bits per heavy atom. The van der Waals surface area contributed by atoms with Gasteiger partial charge >= 0.3 is 0 Å². The summed E-state index contributed by atoms with van der Waals surface area (Å²) in [5, 5.41) is 4.86. The normalized spacial score (nSPS) is 10.2. The summed E-state index contributed by atoms with van der Waals surface area (Å²) >= 11 is 7.42. The summed E-state index contributed by atoms with van der Waals surface area (Å²) in [6.07, 6.45) is 3.25. The first-order valence-electron chi connectivity index (χ1n) is 6.29. The fourth-order valence-corrected chi connectivity index (χ4v) is 2.51. The highest BCUT2D eigenvalue weighted by Crippen LogP contribution is 2.28. The number of carbonyl (C=O) groups excluding carboxylic acids is 1. The molecule has 0 spiro atoms. The zero-order valence-corrected chi connectivity index (χ0v) is 12.8. The Morgan fingerprint density at radius 3 is 2.91 bits per heavy atom. The molecule has 0 aliphatic rings. The number of hydrogen-bond donors (Lipinski definition) is 1. The van der Waals surface area contributed by atoms with Crippen molar-refractivity contribution in [3.63, 3.8) is 0 Å². The Labute approximate surface area is 135 Å². The molecule has 5 nitrogen and oxygen atoms in total. The molecule has 0 saturated carbocycles. The number of anilines is 1. The van der Waals surface area contributed by atoms with E-state index in [0.29, 0.717) is 27.9 Å². The van der Waals surface area contributed by atoms with Crippen LogP contribution in [0.4, 0.5) is 5.69 Å². The van der Waals surface area contributed by atoms with E-state index in [1.807, 2.05) is 0 Å². The molecule has 3 rings (SSSR count). The third-order valence-corrected chi connectivity index (χ3v) is 3.47. The fraction of sp³-hybridized carbons (Fsp3) is 0. The first-order chi connectivity index (χ1) is 10.7. The van der Waals surface area contributed by atoms with Gasteiger partial charge in [0.25, 0.3) is 5.91 Å². The van der Waals surface area contributed by atoms with Gasteiger partial charge in [-0.15, -0.1) is 11.3 Å². The summed E-state index contributed by atoms with van der Waals surface area (Å²) in [6.45, 7) is 0. The van der Waals surface area contributed by atoms with Crippen molar-refractivity contribution in [1.29, 1.82) is 0 Å². The summed E-state index contributed by atoms with van der Waals surface area (Å²) in [7, 11) is 0. The van der Waals surface area contributed by atoms with E-state index in [2.05, 4.69) is 15.3 Å². The van der Waals surface area contributed by atoms with E-state index in [1.54, 1.807) is 53.6 Å². The molecule has 2 heterocycles. The Kier molecular flexibility index (Phi) is 4.32. The molecular formula is C15H10ClN3O2S. The number of benzene rings is 1. The SMILES string of the molecule is O=C(Nc1cc(Cl)cc(Oc2cccnc2)c1)c1cscn1.